The Morgan fingerprint density at radius 3 is 2.19 bits per heavy atom. The molecular weight excluding hydrogens is 361 g/mol. The third-order valence-electron chi connectivity index (χ3n) is 3.71. The van der Waals surface area contributed by atoms with Crippen molar-refractivity contribution in [2.75, 3.05) is 6.54 Å². The summed E-state index contributed by atoms with van der Waals surface area (Å²) in [6, 6.07) is 11.7. The third-order valence-corrected chi connectivity index (χ3v) is 3.71. The number of alkyl halides is 3. The highest BCUT2D eigenvalue weighted by Gasteiger charge is 2.31. The zero-order valence-corrected chi connectivity index (χ0v) is 14.8. The molecule has 0 heterocycles. The summed E-state index contributed by atoms with van der Waals surface area (Å²) in [5.41, 5.74) is 2.06. The molecule has 27 heavy (non-hydrogen) atoms. The Bertz CT molecular complexity index is 787. The number of ether oxygens (including phenoxy) is 1. The second-order valence-corrected chi connectivity index (χ2v) is 5.95. The largest absolute Gasteiger partial charge is 0.573 e. The zero-order valence-electron chi connectivity index (χ0n) is 14.8. The Balaban J connectivity index is 1.84. The molecule has 0 aliphatic rings. The van der Waals surface area contributed by atoms with Gasteiger partial charge in [-0.25, -0.2) is 0 Å². The molecule has 0 aromatic heterocycles. The highest BCUT2D eigenvalue weighted by Crippen LogP contribution is 2.24. The summed E-state index contributed by atoms with van der Waals surface area (Å²) in [5, 5.41) is 5.18. The summed E-state index contributed by atoms with van der Waals surface area (Å²) in [4.78, 5) is 23.9. The number of amides is 2. The van der Waals surface area contributed by atoms with E-state index in [4.69, 9.17) is 0 Å². The van der Waals surface area contributed by atoms with E-state index in [2.05, 4.69) is 15.4 Å². The Kier molecular flexibility index (Phi) is 6.44. The standard InChI is InChI=1S/C19H19F3N2O3/c1-12-3-5-15(6-4-12)18(26)23-11-17(25)24-13(2)14-7-9-16(10-8-14)27-19(20,21)22/h3-10,13H,11H2,1-2H3,(H,23,26)(H,24,25). The molecule has 0 spiro atoms. The lowest BCUT2D eigenvalue weighted by Gasteiger charge is -2.16. The van der Waals surface area contributed by atoms with Crippen LogP contribution >= 0.6 is 0 Å². The maximum Gasteiger partial charge on any atom is 0.573 e. The maximum atomic E-state index is 12.2. The first-order chi connectivity index (χ1) is 12.6. The SMILES string of the molecule is Cc1ccc(C(=O)NCC(=O)NC(C)c2ccc(OC(F)(F)F)cc2)cc1. The van der Waals surface area contributed by atoms with Crippen molar-refractivity contribution in [3.63, 3.8) is 0 Å². The molecule has 0 aliphatic heterocycles. The fraction of sp³-hybridized carbons (Fsp3) is 0.263. The Hall–Kier alpha value is -3.03. The van der Waals surface area contributed by atoms with Crippen LogP contribution in [0.15, 0.2) is 48.5 Å². The van der Waals surface area contributed by atoms with Crippen molar-refractivity contribution in [3.8, 4) is 5.75 Å². The monoisotopic (exact) mass is 380 g/mol. The van der Waals surface area contributed by atoms with Gasteiger partial charge in [-0.2, -0.15) is 0 Å². The molecular formula is C19H19F3N2O3. The van der Waals surface area contributed by atoms with Gasteiger partial charge >= 0.3 is 6.36 Å². The average Bonchev–Trinajstić information content (AvgIpc) is 2.59. The van der Waals surface area contributed by atoms with E-state index in [1.807, 2.05) is 6.92 Å². The van der Waals surface area contributed by atoms with Crippen LogP contribution in [0.4, 0.5) is 13.2 Å². The molecule has 0 bridgehead atoms. The van der Waals surface area contributed by atoms with E-state index in [1.54, 1.807) is 31.2 Å². The first-order valence-electron chi connectivity index (χ1n) is 8.14. The van der Waals surface area contributed by atoms with Gasteiger partial charge in [0.15, 0.2) is 0 Å². The van der Waals surface area contributed by atoms with E-state index in [9.17, 15) is 22.8 Å². The molecule has 0 saturated heterocycles. The predicted octanol–water partition coefficient (Wildman–Crippen LogP) is 3.50. The van der Waals surface area contributed by atoms with Crippen molar-refractivity contribution in [2.45, 2.75) is 26.3 Å². The topological polar surface area (TPSA) is 67.4 Å². The van der Waals surface area contributed by atoms with Gasteiger partial charge in [-0.3, -0.25) is 9.59 Å². The van der Waals surface area contributed by atoms with E-state index in [0.29, 0.717) is 11.1 Å². The fourth-order valence-corrected chi connectivity index (χ4v) is 2.30. The smallest absolute Gasteiger partial charge is 0.406 e. The lowest BCUT2D eigenvalue weighted by atomic mass is 10.1. The summed E-state index contributed by atoms with van der Waals surface area (Å²) >= 11 is 0. The summed E-state index contributed by atoms with van der Waals surface area (Å²) < 4.78 is 40.3. The van der Waals surface area contributed by atoms with Gasteiger partial charge in [0, 0.05) is 5.56 Å². The molecule has 0 fully saturated rings. The highest BCUT2D eigenvalue weighted by molar-refractivity contribution is 5.96. The van der Waals surface area contributed by atoms with E-state index in [0.717, 1.165) is 5.56 Å². The van der Waals surface area contributed by atoms with Crippen LogP contribution in [-0.2, 0) is 4.79 Å². The molecule has 144 valence electrons. The molecule has 5 nitrogen and oxygen atoms in total. The summed E-state index contributed by atoms with van der Waals surface area (Å²) in [6.07, 6.45) is -4.75. The molecule has 8 heteroatoms. The number of carbonyl (C=O) groups is 2. The minimum absolute atomic E-state index is 0.216. The van der Waals surface area contributed by atoms with Crippen molar-refractivity contribution in [3.05, 3.63) is 65.2 Å². The second-order valence-electron chi connectivity index (χ2n) is 5.95. The van der Waals surface area contributed by atoms with Gasteiger partial charge in [0.1, 0.15) is 5.75 Å². The number of nitrogens with one attached hydrogen (secondary N) is 2. The fourth-order valence-electron chi connectivity index (χ4n) is 2.30. The average molecular weight is 380 g/mol. The zero-order chi connectivity index (χ0) is 20.0. The molecule has 2 aromatic rings. The van der Waals surface area contributed by atoms with Crippen molar-refractivity contribution < 1.29 is 27.5 Å². The molecule has 0 radical (unpaired) electrons. The minimum Gasteiger partial charge on any atom is -0.406 e. The van der Waals surface area contributed by atoms with Crippen LogP contribution in [0, 0.1) is 6.92 Å². The van der Waals surface area contributed by atoms with E-state index < -0.39 is 18.3 Å². The summed E-state index contributed by atoms with van der Waals surface area (Å²) in [5.74, 6) is -1.12. The van der Waals surface area contributed by atoms with Crippen LogP contribution in [0.3, 0.4) is 0 Å². The highest BCUT2D eigenvalue weighted by atomic mass is 19.4. The van der Waals surface area contributed by atoms with Crippen molar-refractivity contribution >= 4 is 11.8 Å². The molecule has 1 atom stereocenters. The molecule has 2 rings (SSSR count). The number of aryl methyl sites for hydroxylation is 1. The number of hydrogen-bond acceptors (Lipinski definition) is 3. The lowest BCUT2D eigenvalue weighted by molar-refractivity contribution is -0.274. The molecule has 2 N–H and O–H groups in total. The summed E-state index contributed by atoms with van der Waals surface area (Å²) in [6.45, 7) is 3.37. The van der Waals surface area contributed by atoms with Gasteiger partial charge in [0.2, 0.25) is 5.91 Å². The maximum absolute atomic E-state index is 12.2. The van der Waals surface area contributed by atoms with Crippen LogP contribution in [0.5, 0.6) is 5.75 Å². The number of carbonyl (C=O) groups excluding carboxylic acids is 2. The van der Waals surface area contributed by atoms with Gasteiger partial charge in [-0.1, -0.05) is 29.8 Å². The predicted molar refractivity (Wildman–Crippen MR) is 93.2 cm³/mol. The van der Waals surface area contributed by atoms with Crippen molar-refractivity contribution in [1.82, 2.24) is 10.6 Å². The number of hydrogen-bond donors (Lipinski definition) is 2. The molecule has 2 aromatic carbocycles. The third kappa shape index (κ3) is 6.65. The first-order valence-corrected chi connectivity index (χ1v) is 8.14. The Labute approximate surface area is 154 Å². The van der Waals surface area contributed by atoms with Crippen LogP contribution < -0.4 is 15.4 Å². The van der Waals surface area contributed by atoms with Crippen LogP contribution in [0.2, 0.25) is 0 Å². The first kappa shape index (κ1) is 20.3. The molecule has 0 saturated carbocycles. The van der Waals surface area contributed by atoms with Crippen LogP contribution in [0.25, 0.3) is 0 Å². The van der Waals surface area contributed by atoms with Crippen molar-refractivity contribution in [1.29, 1.82) is 0 Å². The Morgan fingerprint density at radius 2 is 1.63 bits per heavy atom. The van der Waals surface area contributed by atoms with Gasteiger partial charge < -0.3 is 15.4 Å². The number of halogens is 3. The minimum atomic E-state index is -4.75. The van der Waals surface area contributed by atoms with Crippen molar-refractivity contribution in [2.24, 2.45) is 0 Å². The normalized spacial score (nSPS) is 12.2. The van der Waals surface area contributed by atoms with Gasteiger partial charge in [0.05, 0.1) is 12.6 Å². The van der Waals surface area contributed by atoms with E-state index >= 15 is 0 Å². The summed E-state index contributed by atoms with van der Waals surface area (Å²) in [7, 11) is 0. The van der Waals surface area contributed by atoms with E-state index in [-0.39, 0.29) is 18.2 Å². The second kappa shape index (κ2) is 8.57. The lowest BCUT2D eigenvalue weighted by Crippen LogP contribution is -2.38. The number of rotatable bonds is 6. The Morgan fingerprint density at radius 1 is 1.04 bits per heavy atom. The van der Waals surface area contributed by atoms with Crippen LogP contribution in [0.1, 0.15) is 34.5 Å². The van der Waals surface area contributed by atoms with Gasteiger partial charge in [-0.15, -0.1) is 13.2 Å². The van der Waals surface area contributed by atoms with Gasteiger partial charge in [0.25, 0.3) is 5.91 Å². The number of benzene rings is 2. The molecule has 0 aliphatic carbocycles. The quantitative estimate of drug-likeness (QED) is 0.806. The van der Waals surface area contributed by atoms with Crippen LogP contribution in [-0.4, -0.2) is 24.7 Å². The molecule has 1 unspecified atom stereocenters. The van der Waals surface area contributed by atoms with Gasteiger partial charge in [-0.05, 0) is 43.7 Å². The van der Waals surface area contributed by atoms with E-state index in [1.165, 1.54) is 24.3 Å². The molecule has 2 amide bonds.